The van der Waals surface area contributed by atoms with Gasteiger partial charge in [0.15, 0.2) is 23.0 Å². The highest BCUT2D eigenvalue weighted by Crippen LogP contribution is 2.36. The maximum Gasteiger partial charge on any atom is 0.181 e. The van der Waals surface area contributed by atoms with Gasteiger partial charge < -0.3 is 24.4 Å². The van der Waals surface area contributed by atoms with E-state index in [1.807, 2.05) is 18.2 Å². The third-order valence-electron chi connectivity index (χ3n) is 3.59. The van der Waals surface area contributed by atoms with Crippen LogP contribution < -0.4 is 24.4 Å². The first kappa shape index (κ1) is 20.3. The molecule has 2 aromatic rings. The molecule has 0 atom stereocenters. The molecule has 0 fully saturated rings. The summed E-state index contributed by atoms with van der Waals surface area (Å²) in [6.45, 7) is 0.626. The fraction of sp³-hybridized carbons (Fsp3) is 0.250. The maximum absolute atomic E-state index is 6.24. The van der Waals surface area contributed by atoms with Crippen LogP contribution in [0.15, 0.2) is 35.4 Å². The highest BCUT2D eigenvalue weighted by Gasteiger charge is 2.11. The van der Waals surface area contributed by atoms with Gasteiger partial charge in [-0.25, -0.2) is 0 Å². The van der Waals surface area contributed by atoms with Crippen molar-refractivity contribution in [2.45, 2.75) is 6.54 Å². The number of hydrazone groups is 1. The molecule has 0 saturated heterocycles. The summed E-state index contributed by atoms with van der Waals surface area (Å²) >= 11 is 6.24. The van der Waals surface area contributed by atoms with Crippen molar-refractivity contribution in [3.63, 3.8) is 0 Å². The first-order valence-corrected chi connectivity index (χ1v) is 8.41. The number of hydrogen-bond donors (Lipinski definition) is 1. The highest BCUT2D eigenvalue weighted by molar-refractivity contribution is 6.32. The van der Waals surface area contributed by atoms with Gasteiger partial charge in [0.1, 0.15) is 6.61 Å². The third-order valence-corrected chi connectivity index (χ3v) is 3.87. The van der Waals surface area contributed by atoms with Crippen molar-refractivity contribution < 1.29 is 18.9 Å². The summed E-state index contributed by atoms with van der Waals surface area (Å²) in [5.41, 5.74) is 4.73. The van der Waals surface area contributed by atoms with E-state index in [2.05, 4.69) is 16.4 Å². The predicted molar refractivity (Wildman–Crippen MR) is 106 cm³/mol. The lowest BCUT2D eigenvalue weighted by atomic mass is 10.2. The number of terminal acetylenes is 1. The molecule has 0 radical (unpaired) electrons. The Labute approximate surface area is 164 Å². The zero-order valence-electron chi connectivity index (χ0n) is 15.4. The lowest BCUT2D eigenvalue weighted by Crippen LogP contribution is -2.06. The molecule has 0 amide bonds. The first-order valence-electron chi connectivity index (χ1n) is 8.03. The average molecular weight is 389 g/mol. The summed E-state index contributed by atoms with van der Waals surface area (Å²) in [5.74, 6) is 4.63. The third kappa shape index (κ3) is 5.47. The molecule has 0 heterocycles. The molecular formula is C20H21ClN2O4. The monoisotopic (exact) mass is 388 g/mol. The molecule has 2 rings (SSSR count). The molecule has 0 aromatic heterocycles. The Kier molecular flexibility index (Phi) is 7.65. The minimum absolute atomic E-state index is 0.108. The molecule has 0 aliphatic rings. The summed E-state index contributed by atoms with van der Waals surface area (Å²) < 4.78 is 21.2. The van der Waals surface area contributed by atoms with Crippen LogP contribution in [0.25, 0.3) is 0 Å². The molecule has 0 spiro atoms. The van der Waals surface area contributed by atoms with Gasteiger partial charge in [-0.1, -0.05) is 23.6 Å². The summed E-state index contributed by atoms with van der Waals surface area (Å²) in [4.78, 5) is 0. The van der Waals surface area contributed by atoms with E-state index >= 15 is 0 Å². The number of nitrogens with one attached hydrogen (secondary N) is 1. The van der Waals surface area contributed by atoms with Gasteiger partial charge in [-0.3, -0.25) is 0 Å². The highest BCUT2D eigenvalue weighted by atomic mass is 35.5. The summed E-state index contributed by atoms with van der Waals surface area (Å²) in [5, 5.41) is 4.60. The number of methoxy groups -OCH3 is 3. The normalized spacial score (nSPS) is 10.3. The lowest BCUT2D eigenvalue weighted by molar-refractivity contribution is 0.331. The van der Waals surface area contributed by atoms with Gasteiger partial charge >= 0.3 is 0 Å². The molecule has 1 N–H and O–H groups in total. The molecule has 0 saturated carbocycles. The van der Waals surface area contributed by atoms with E-state index in [-0.39, 0.29) is 6.61 Å². The minimum Gasteiger partial charge on any atom is -0.493 e. The van der Waals surface area contributed by atoms with Crippen molar-refractivity contribution in [3.05, 3.63) is 46.5 Å². The minimum atomic E-state index is 0.108. The second-order valence-electron chi connectivity index (χ2n) is 5.31. The van der Waals surface area contributed by atoms with Gasteiger partial charge in [0.05, 0.1) is 39.1 Å². The Morgan fingerprint density at radius 3 is 2.48 bits per heavy atom. The number of hydrogen-bond acceptors (Lipinski definition) is 6. The van der Waals surface area contributed by atoms with Gasteiger partial charge in [-0.2, -0.15) is 5.10 Å². The number of ether oxygens (including phenoxy) is 4. The quantitative estimate of drug-likeness (QED) is 0.404. The molecule has 0 unspecified atom stereocenters. The number of nitrogens with zero attached hydrogens (tertiary/aromatic N) is 1. The second kappa shape index (κ2) is 10.2. The van der Waals surface area contributed by atoms with Crippen molar-refractivity contribution in [1.82, 2.24) is 5.43 Å². The fourth-order valence-electron chi connectivity index (χ4n) is 2.32. The summed E-state index contributed by atoms with van der Waals surface area (Å²) in [6, 6.07) is 9.15. The molecule has 0 bridgehead atoms. The van der Waals surface area contributed by atoms with Crippen molar-refractivity contribution in [3.8, 4) is 35.3 Å². The van der Waals surface area contributed by atoms with E-state index < -0.39 is 0 Å². The van der Waals surface area contributed by atoms with Crippen molar-refractivity contribution in [1.29, 1.82) is 0 Å². The van der Waals surface area contributed by atoms with Gasteiger partial charge in [-0.15, -0.1) is 6.42 Å². The van der Waals surface area contributed by atoms with Crippen molar-refractivity contribution in [2.24, 2.45) is 5.10 Å². The van der Waals surface area contributed by atoms with Crippen LogP contribution in [0.3, 0.4) is 0 Å². The van der Waals surface area contributed by atoms with Gasteiger partial charge in [-0.05, 0) is 35.4 Å². The van der Waals surface area contributed by atoms with Crippen LogP contribution in [0.2, 0.25) is 5.02 Å². The molecule has 0 aliphatic heterocycles. The molecule has 7 heteroatoms. The van der Waals surface area contributed by atoms with Crippen LogP contribution >= 0.6 is 11.6 Å². The second-order valence-corrected chi connectivity index (χ2v) is 5.72. The Morgan fingerprint density at radius 2 is 1.81 bits per heavy atom. The lowest BCUT2D eigenvalue weighted by Gasteiger charge is -2.11. The zero-order valence-corrected chi connectivity index (χ0v) is 16.2. The predicted octanol–water partition coefficient (Wildman–Crippen LogP) is 3.50. The van der Waals surface area contributed by atoms with Crippen molar-refractivity contribution >= 4 is 17.8 Å². The Bertz CT molecular complexity index is 847. The number of benzene rings is 2. The van der Waals surface area contributed by atoms with E-state index in [1.54, 1.807) is 32.6 Å². The van der Waals surface area contributed by atoms with E-state index in [4.69, 9.17) is 37.0 Å². The Hall–Kier alpha value is -3.04. The summed E-state index contributed by atoms with van der Waals surface area (Å²) in [6.07, 6.45) is 6.85. The van der Waals surface area contributed by atoms with E-state index in [9.17, 15) is 0 Å². The Balaban J connectivity index is 2.04. The van der Waals surface area contributed by atoms with Gasteiger partial charge in [0, 0.05) is 0 Å². The van der Waals surface area contributed by atoms with Crippen LogP contribution in [0, 0.1) is 12.3 Å². The van der Waals surface area contributed by atoms with Crippen LogP contribution in [0.5, 0.6) is 23.0 Å². The van der Waals surface area contributed by atoms with Crippen LogP contribution in [0.1, 0.15) is 11.1 Å². The molecule has 6 nitrogen and oxygen atoms in total. The van der Waals surface area contributed by atoms with E-state index in [1.165, 1.54) is 7.11 Å². The zero-order chi connectivity index (χ0) is 19.6. The fourth-order valence-corrected chi connectivity index (χ4v) is 2.59. The molecule has 142 valence electrons. The smallest absolute Gasteiger partial charge is 0.181 e. The molecule has 27 heavy (non-hydrogen) atoms. The number of rotatable bonds is 9. The topological polar surface area (TPSA) is 61.3 Å². The van der Waals surface area contributed by atoms with Crippen LogP contribution in [-0.2, 0) is 6.54 Å². The largest absolute Gasteiger partial charge is 0.493 e. The maximum atomic E-state index is 6.24. The SMILES string of the molecule is C#CCOc1c(Cl)cc(/C=N/NCc2ccc(OC)c(OC)c2)cc1OC. The van der Waals surface area contributed by atoms with Gasteiger partial charge in [0.25, 0.3) is 0 Å². The standard InChI is InChI=1S/C20H21ClN2O4/c1-5-8-27-20-16(21)9-15(11-19(20)26-4)13-23-22-12-14-6-7-17(24-2)18(10-14)25-3/h1,6-7,9-11,13,22H,8,12H2,2-4H3/b23-13+. The first-order chi connectivity index (χ1) is 13.1. The van der Waals surface area contributed by atoms with Gasteiger partial charge in [0.2, 0.25) is 0 Å². The van der Waals surface area contributed by atoms with E-state index in [0.717, 1.165) is 11.1 Å². The van der Waals surface area contributed by atoms with Crippen LogP contribution in [0.4, 0.5) is 0 Å². The van der Waals surface area contributed by atoms with Crippen molar-refractivity contribution in [2.75, 3.05) is 27.9 Å². The van der Waals surface area contributed by atoms with Crippen LogP contribution in [-0.4, -0.2) is 34.2 Å². The average Bonchev–Trinajstić information content (AvgIpc) is 2.69. The summed E-state index contributed by atoms with van der Waals surface area (Å²) in [7, 11) is 4.73. The molecule has 0 aliphatic carbocycles. The number of halogens is 1. The van der Waals surface area contributed by atoms with E-state index in [0.29, 0.717) is 34.6 Å². The molecule has 2 aromatic carbocycles. The Morgan fingerprint density at radius 1 is 1.07 bits per heavy atom. The molecular weight excluding hydrogens is 368 g/mol.